The quantitative estimate of drug-likeness (QED) is 0.260. The molecule has 4 nitrogen and oxygen atoms in total. The molecule has 1 aromatic heterocycles. The molecule has 3 aromatic rings. The highest BCUT2D eigenvalue weighted by molar-refractivity contribution is 6.06. The Hall–Kier alpha value is -3.60. The van der Waals surface area contributed by atoms with Gasteiger partial charge in [-0.1, -0.05) is 70.7 Å². The number of aromatic nitrogens is 1. The molecule has 0 radical (unpaired) electrons. The van der Waals surface area contributed by atoms with Gasteiger partial charge in [0.1, 0.15) is 11.5 Å². The number of amides is 1. The molecule has 1 unspecified atom stereocenters. The van der Waals surface area contributed by atoms with Gasteiger partial charge in [-0.25, -0.2) is 4.39 Å². The number of ketones is 1. The second-order valence-electron chi connectivity index (χ2n) is 12.7. The van der Waals surface area contributed by atoms with E-state index in [-0.39, 0.29) is 23.4 Å². The van der Waals surface area contributed by atoms with Crippen LogP contribution in [0.2, 0.25) is 0 Å². The van der Waals surface area contributed by atoms with Crippen molar-refractivity contribution in [1.29, 1.82) is 0 Å². The summed E-state index contributed by atoms with van der Waals surface area (Å²) in [4.78, 5) is 32.8. The van der Waals surface area contributed by atoms with Crippen LogP contribution in [0.3, 0.4) is 0 Å². The van der Waals surface area contributed by atoms with Crippen molar-refractivity contribution >= 4 is 17.3 Å². The van der Waals surface area contributed by atoms with Gasteiger partial charge in [-0.05, 0) is 103 Å². The van der Waals surface area contributed by atoms with Crippen LogP contribution in [0.15, 0.2) is 54.2 Å². The maximum Gasteiger partial charge on any atom is 0.271 e. The van der Waals surface area contributed by atoms with E-state index in [1.54, 1.807) is 20.3 Å². The van der Waals surface area contributed by atoms with Gasteiger partial charge in [0.15, 0.2) is 5.78 Å². The zero-order valence-electron chi connectivity index (χ0n) is 27.7. The number of Topliss-reactive ketones (excluding diaryl/α,β-unsaturated/α-hetero) is 1. The minimum atomic E-state index is -0.231. The van der Waals surface area contributed by atoms with Crippen LogP contribution >= 0.6 is 0 Å². The third kappa shape index (κ3) is 7.20. The fourth-order valence-electron chi connectivity index (χ4n) is 6.86. The van der Waals surface area contributed by atoms with Crippen LogP contribution in [0.4, 0.5) is 4.39 Å². The van der Waals surface area contributed by atoms with Gasteiger partial charge in [0.05, 0.1) is 0 Å². The zero-order valence-corrected chi connectivity index (χ0v) is 27.7. The van der Waals surface area contributed by atoms with Crippen molar-refractivity contribution in [2.45, 2.75) is 92.4 Å². The second-order valence-corrected chi connectivity index (χ2v) is 12.7. The Morgan fingerprint density at radius 2 is 1.61 bits per heavy atom. The van der Waals surface area contributed by atoms with Crippen LogP contribution in [0.5, 0.6) is 0 Å². The van der Waals surface area contributed by atoms with Gasteiger partial charge < -0.3 is 4.90 Å². The number of halogens is 1. The number of rotatable bonds is 8. The first-order valence-corrected chi connectivity index (χ1v) is 16.4. The summed E-state index contributed by atoms with van der Waals surface area (Å²) in [6, 6.07) is 13.6. The maximum atomic E-state index is 14.9. The molecule has 0 saturated heterocycles. The number of hydrogen-bond acceptors (Lipinski definition) is 3. The summed E-state index contributed by atoms with van der Waals surface area (Å²) in [5.41, 5.74) is 9.03. The summed E-state index contributed by atoms with van der Waals surface area (Å²) >= 11 is 0. The van der Waals surface area contributed by atoms with Crippen LogP contribution in [-0.4, -0.2) is 35.7 Å². The minimum absolute atomic E-state index is 0.131. The zero-order chi connectivity index (χ0) is 32.0. The Balaban J connectivity index is 0.00000141. The summed E-state index contributed by atoms with van der Waals surface area (Å²) in [7, 11) is 3.45. The molecule has 1 heterocycles. The van der Waals surface area contributed by atoms with Crippen molar-refractivity contribution in [2.75, 3.05) is 14.1 Å². The summed E-state index contributed by atoms with van der Waals surface area (Å²) in [5, 5.41) is 0. The Bertz CT molecular complexity index is 1530. The molecule has 0 bridgehead atoms. The van der Waals surface area contributed by atoms with Crippen molar-refractivity contribution in [2.24, 2.45) is 11.8 Å². The predicted molar refractivity (Wildman–Crippen MR) is 179 cm³/mol. The average Bonchev–Trinajstić information content (AvgIpc) is 3.39. The van der Waals surface area contributed by atoms with E-state index in [1.807, 2.05) is 32.0 Å². The summed E-state index contributed by atoms with van der Waals surface area (Å²) in [5.74, 6) is 0.0184. The smallest absolute Gasteiger partial charge is 0.271 e. The molecule has 5 heteroatoms. The van der Waals surface area contributed by atoms with Gasteiger partial charge in [-0.15, -0.1) is 0 Å². The fraction of sp³-hybridized carbons (Fsp3) is 0.462. The van der Waals surface area contributed by atoms with Crippen LogP contribution < -0.4 is 0 Å². The molecule has 2 aliphatic rings. The number of hydrogen-bond donors (Lipinski definition) is 0. The lowest BCUT2D eigenvalue weighted by Gasteiger charge is -2.31. The van der Waals surface area contributed by atoms with Crippen LogP contribution in [-0.2, 0) is 24.1 Å². The maximum absolute atomic E-state index is 14.9. The number of pyridine rings is 1. The lowest BCUT2D eigenvalue weighted by molar-refractivity contribution is -0.121. The van der Waals surface area contributed by atoms with Crippen molar-refractivity contribution in [3.8, 4) is 11.1 Å². The summed E-state index contributed by atoms with van der Waals surface area (Å²) in [6.45, 7) is 10.3. The molecule has 1 fully saturated rings. The number of nitrogens with zero attached hydrogens (tertiary/aromatic N) is 2. The third-order valence-electron chi connectivity index (χ3n) is 9.28. The lowest BCUT2D eigenvalue weighted by atomic mass is 9.73. The van der Waals surface area contributed by atoms with Crippen LogP contribution in [0.25, 0.3) is 16.7 Å². The Morgan fingerprint density at radius 1 is 0.932 bits per heavy atom. The fourth-order valence-corrected chi connectivity index (χ4v) is 6.86. The standard InChI is InChI=1S/C36H41FN2O2.C3H8/c1-6-24-13-14-26(27-16-17-38-33(20-27)36(41)39(4)5)18-28(24)19-31(25-10-8-7-9-11-25)35(40)30-21-29-22(2)12-15-32(37)34(29)23(30)3;1-3-2/h12-18,20,25,31H,6-11,19,21H2,1-5H3;3H2,1-2H3. The van der Waals surface area contributed by atoms with Gasteiger partial charge in [0, 0.05) is 43.8 Å². The first-order chi connectivity index (χ1) is 21.1. The van der Waals surface area contributed by atoms with Crippen molar-refractivity contribution in [3.05, 3.63) is 93.6 Å². The molecule has 2 aliphatic carbocycles. The van der Waals surface area contributed by atoms with Gasteiger partial charge in [-0.2, -0.15) is 0 Å². The topological polar surface area (TPSA) is 50.3 Å². The van der Waals surface area contributed by atoms with Gasteiger partial charge in [0.25, 0.3) is 5.91 Å². The molecule has 2 aromatic carbocycles. The Labute approximate surface area is 263 Å². The molecule has 1 atom stereocenters. The molecule has 44 heavy (non-hydrogen) atoms. The van der Waals surface area contributed by atoms with Crippen molar-refractivity contribution in [1.82, 2.24) is 9.88 Å². The molecule has 0 N–H and O–H groups in total. The SMILES string of the molecule is CCC.CCc1ccc(-c2ccnc(C(=O)N(C)C)c2)cc1CC(C(=O)C1=C(C)c2c(F)ccc(C)c2C1)C1CCCCC1. The number of carbonyl (C=O) groups is 2. The molecule has 1 saturated carbocycles. The van der Waals surface area contributed by atoms with Crippen molar-refractivity contribution in [3.63, 3.8) is 0 Å². The molecule has 0 aliphatic heterocycles. The average molecular weight is 597 g/mol. The van der Waals surface area contributed by atoms with E-state index >= 15 is 0 Å². The largest absolute Gasteiger partial charge is 0.343 e. The van der Waals surface area contributed by atoms with E-state index in [0.29, 0.717) is 30.0 Å². The number of carbonyl (C=O) groups excluding carboxylic acids is 2. The highest BCUT2D eigenvalue weighted by Crippen LogP contribution is 2.41. The van der Waals surface area contributed by atoms with E-state index in [1.165, 1.54) is 34.9 Å². The van der Waals surface area contributed by atoms with Gasteiger partial charge in [0.2, 0.25) is 0 Å². The first kappa shape index (κ1) is 33.3. The third-order valence-corrected chi connectivity index (χ3v) is 9.28. The van der Waals surface area contributed by atoms with E-state index in [2.05, 4.69) is 44.0 Å². The first-order valence-electron chi connectivity index (χ1n) is 16.4. The Morgan fingerprint density at radius 3 is 2.25 bits per heavy atom. The normalized spacial score (nSPS) is 15.4. The van der Waals surface area contributed by atoms with Gasteiger partial charge >= 0.3 is 0 Å². The number of allylic oxidation sites excluding steroid dienone is 2. The predicted octanol–water partition coefficient (Wildman–Crippen LogP) is 9.21. The molecule has 234 valence electrons. The monoisotopic (exact) mass is 596 g/mol. The molecular weight excluding hydrogens is 547 g/mol. The van der Waals surface area contributed by atoms with Crippen molar-refractivity contribution < 1.29 is 14.0 Å². The molecule has 5 rings (SSSR count). The Kier molecular flexibility index (Phi) is 11.3. The molecule has 0 spiro atoms. The minimum Gasteiger partial charge on any atom is -0.343 e. The van der Waals surface area contributed by atoms with Crippen LogP contribution in [0, 0.1) is 24.6 Å². The highest BCUT2D eigenvalue weighted by atomic mass is 19.1. The lowest BCUT2D eigenvalue weighted by Crippen LogP contribution is -2.29. The second kappa shape index (κ2) is 14.9. The number of benzene rings is 2. The summed E-state index contributed by atoms with van der Waals surface area (Å²) in [6.07, 6.45) is 10.6. The van der Waals surface area contributed by atoms with Crippen LogP contribution in [0.1, 0.15) is 105 Å². The van der Waals surface area contributed by atoms with E-state index in [4.69, 9.17) is 0 Å². The van der Waals surface area contributed by atoms with E-state index < -0.39 is 0 Å². The number of aryl methyl sites for hydroxylation is 2. The summed E-state index contributed by atoms with van der Waals surface area (Å²) < 4.78 is 14.9. The van der Waals surface area contributed by atoms with E-state index in [9.17, 15) is 14.0 Å². The molecular formula is C39H49FN2O2. The number of fused-ring (bicyclic) bond motifs is 1. The highest BCUT2D eigenvalue weighted by Gasteiger charge is 2.36. The van der Waals surface area contributed by atoms with Gasteiger partial charge in [-0.3, -0.25) is 14.6 Å². The molecule has 1 amide bonds. The van der Waals surface area contributed by atoms with E-state index in [0.717, 1.165) is 65.5 Å².